The molecule has 39 heavy (non-hydrogen) atoms. The van der Waals surface area contributed by atoms with E-state index >= 15 is 0 Å². The molecule has 0 aliphatic carbocycles. The summed E-state index contributed by atoms with van der Waals surface area (Å²) in [7, 11) is 1.71. The van der Waals surface area contributed by atoms with Gasteiger partial charge in [0.25, 0.3) is 0 Å². The zero-order chi connectivity index (χ0) is 28.0. The molecule has 202 valence electrons. The van der Waals surface area contributed by atoms with Crippen molar-refractivity contribution in [3.63, 3.8) is 0 Å². The normalized spacial score (nSPS) is 11.6. The molecule has 12 heteroatoms. The van der Waals surface area contributed by atoms with Crippen LogP contribution >= 0.6 is 12.2 Å². The fourth-order valence-electron chi connectivity index (χ4n) is 3.63. The fourth-order valence-corrected chi connectivity index (χ4v) is 3.80. The zero-order valence-corrected chi connectivity index (χ0v) is 22.1. The second kappa shape index (κ2) is 11.9. The van der Waals surface area contributed by atoms with Gasteiger partial charge in [0, 0.05) is 24.0 Å². The van der Waals surface area contributed by atoms with Crippen molar-refractivity contribution in [1.29, 1.82) is 0 Å². The summed E-state index contributed by atoms with van der Waals surface area (Å²) in [4.78, 5) is 4.49. The number of anilines is 3. The van der Waals surface area contributed by atoms with Crippen molar-refractivity contribution in [2.75, 3.05) is 10.6 Å². The zero-order valence-electron chi connectivity index (χ0n) is 21.3. The van der Waals surface area contributed by atoms with Gasteiger partial charge in [-0.15, -0.1) is 18.3 Å². The second-order valence-corrected chi connectivity index (χ2v) is 9.18. The molecule has 3 N–H and O–H groups in total. The first kappa shape index (κ1) is 27.6. The Hall–Kier alpha value is -4.45. The number of aryl methyl sites for hydroxylation is 1. The number of thiocarbonyl (C=S) groups is 1. The molecule has 0 aliphatic rings. The van der Waals surface area contributed by atoms with Crippen molar-refractivity contribution in [3.8, 4) is 17.1 Å². The quantitative estimate of drug-likeness (QED) is 0.129. The molecule has 3 aromatic carbocycles. The monoisotopic (exact) mass is 553 g/mol. The largest absolute Gasteiger partial charge is 0.573 e. The SMILES string of the molecule is CC(C)c1ccccc1NC(=S)NN=Cc1ccc(-c2nc(Nc3ccc(OC(F)(F)F)cc3)n(C)n2)cc1. The van der Waals surface area contributed by atoms with Gasteiger partial charge in [0.1, 0.15) is 5.75 Å². The number of aromatic nitrogens is 3. The van der Waals surface area contributed by atoms with Gasteiger partial charge in [-0.3, -0.25) is 5.43 Å². The molecule has 0 unspecified atom stereocenters. The van der Waals surface area contributed by atoms with Gasteiger partial charge in [-0.2, -0.15) is 10.1 Å². The highest BCUT2D eigenvalue weighted by Gasteiger charge is 2.31. The molecule has 8 nitrogen and oxygen atoms in total. The maximum absolute atomic E-state index is 12.4. The molecule has 0 fully saturated rings. The number of ether oxygens (including phenoxy) is 1. The lowest BCUT2D eigenvalue weighted by Crippen LogP contribution is -2.24. The summed E-state index contributed by atoms with van der Waals surface area (Å²) in [5.74, 6) is 0.949. The van der Waals surface area contributed by atoms with Gasteiger partial charge in [0.15, 0.2) is 10.9 Å². The Morgan fingerprint density at radius 3 is 2.38 bits per heavy atom. The minimum atomic E-state index is -4.74. The third-order valence-electron chi connectivity index (χ3n) is 5.49. The van der Waals surface area contributed by atoms with Gasteiger partial charge in [-0.05, 0) is 59.6 Å². The molecule has 4 rings (SSSR count). The van der Waals surface area contributed by atoms with Gasteiger partial charge in [-0.1, -0.05) is 56.3 Å². The van der Waals surface area contributed by atoms with Crippen molar-refractivity contribution >= 4 is 40.9 Å². The summed E-state index contributed by atoms with van der Waals surface area (Å²) in [5.41, 5.74) is 7.08. The average molecular weight is 554 g/mol. The van der Waals surface area contributed by atoms with E-state index in [1.165, 1.54) is 24.3 Å². The number of benzene rings is 3. The first-order valence-corrected chi connectivity index (χ1v) is 12.3. The molecule has 0 saturated heterocycles. The molecule has 0 atom stereocenters. The number of hydrogen-bond acceptors (Lipinski definition) is 6. The van der Waals surface area contributed by atoms with Crippen LogP contribution in [0.15, 0.2) is 77.9 Å². The summed E-state index contributed by atoms with van der Waals surface area (Å²) < 4.78 is 42.5. The van der Waals surface area contributed by atoms with Crippen molar-refractivity contribution in [3.05, 3.63) is 83.9 Å². The van der Waals surface area contributed by atoms with Gasteiger partial charge < -0.3 is 15.4 Å². The molecule has 0 aliphatic heterocycles. The molecule has 0 bridgehead atoms. The van der Waals surface area contributed by atoms with E-state index < -0.39 is 6.36 Å². The minimum absolute atomic E-state index is 0.305. The maximum Gasteiger partial charge on any atom is 0.573 e. The predicted molar refractivity (Wildman–Crippen MR) is 150 cm³/mol. The van der Waals surface area contributed by atoms with E-state index in [-0.39, 0.29) is 5.75 Å². The second-order valence-electron chi connectivity index (χ2n) is 8.77. The number of nitrogens with one attached hydrogen (secondary N) is 3. The van der Waals surface area contributed by atoms with Crippen LogP contribution in [0.25, 0.3) is 11.4 Å². The smallest absolute Gasteiger partial charge is 0.406 e. The van der Waals surface area contributed by atoms with E-state index in [1.807, 2.05) is 42.5 Å². The number of rotatable bonds is 8. The Balaban J connectivity index is 1.34. The highest BCUT2D eigenvalue weighted by molar-refractivity contribution is 7.80. The van der Waals surface area contributed by atoms with Crippen LogP contribution < -0.4 is 20.8 Å². The van der Waals surface area contributed by atoms with Crippen molar-refractivity contribution < 1.29 is 17.9 Å². The van der Waals surface area contributed by atoms with Gasteiger partial charge >= 0.3 is 6.36 Å². The Bertz CT molecular complexity index is 1450. The third-order valence-corrected chi connectivity index (χ3v) is 5.68. The molecule has 0 spiro atoms. The summed E-state index contributed by atoms with van der Waals surface area (Å²) in [5, 5.41) is 15.2. The van der Waals surface area contributed by atoms with E-state index in [1.54, 1.807) is 17.9 Å². The molecule has 4 aromatic rings. The van der Waals surface area contributed by atoms with Crippen molar-refractivity contribution in [2.45, 2.75) is 26.1 Å². The standard InChI is InChI=1S/C27H26F3N7OS/c1-17(2)22-6-4-5-7-23(22)33-26(39)35-31-16-18-8-10-19(11-9-18)24-34-25(37(3)36-24)32-20-12-14-21(15-13-20)38-27(28,29)30/h4-17H,1-3H3,(H,32,34,36)(H2,33,35,39). The first-order valence-electron chi connectivity index (χ1n) is 11.9. The topological polar surface area (TPSA) is 88.4 Å². The Morgan fingerprint density at radius 1 is 1.03 bits per heavy atom. The number of halogens is 3. The summed E-state index contributed by atoms with van der Waals surface area (Å²) in [6.07, 6.45) is -3.09. The number of nitrogens with zero attached hydrogens (tertiary/aromatic N) is 4. The maximum atomic E-state index is 12.4. The van der Waals surface area contributed by atoms with Crippen LogP contribution in [0.1, 0.15) is 30.9 Å². The van der Waals surface area contributed by atoms with Gasteiger partial charge in [0.05, 0.1) is 6.21 Å². The molecular weight excluding hydrogens is 527 g/mol. The highest BCUT2D eigenvalue weighted by Crippen LogP contribution is 2.26. The summed E-state index contributed by atoms with van der Waals surface area (Å²) in [6.45, 7) is 4.24. The number of alkyl halides is 3. The van der Waals surface area contributed by atoms with Crippen LogP contribution in [0, 0.1) is 0 Å². The lowest BCUT2D eigenvalue weighted by molar-refractivity contribution is -0.274. The van der Waals surface area contributed by atoms with E-state index in [2.05, 4.69) is 55.9 Å². The molecule has 1 aromatic heterocycles. The summed E-state index contributed by atoms with van der Waals surface area (Å²) >= 11 is 5.36. The van der Waals surface area contributed by atoms with E-state index in [4.69, 9.17) is 12.2 Å². The van der Waals surface area contributed by atoms with Crippen LogP contribution in [0.5, 0.6) is 5.75 Å². The number of para-hydroxylation sites is 1. The minimum Gasteiger partial charge on any atom is -0.406 e. The average Bonchev–Trinajstić information content (AvgIpc) is 3.25. The van der Waals surface area contributed by atoms with Crippen LogP contribution in [0.2, 0.25) is 0 Å². The fraction of sp³-hybridized carbons (Fsp3) is 0.185. The Morgan fingerprint density at radius 2 is 1.72 bits per heavy atom. The van der Waals surface area contributed by atoms with Crippen LogP contribution in [0.4, 0.5) is 30.5 Å². The van der Waals surface area contributed by atoms with Crippen molar-refractivity contribution in [1.82, 2.24) is 20.2 Å². The highest BCUT2D eigenvalue weighted by atomic mass is 32.1. The molecule has 0 amide bonds. The van der Waals surface area contributed by atoms with E-state index in [0.29, 0.717) is 28.5 Å². The number of hydrogen-bond donors (Lipinski definition) is 3. The molecule has 1 heterocycles. The molecule has 0 saturated carbocycles. The lowest BCUT2D eigenvalue weighted by Gasteiger charge is -2.14. The van der Waals surface area contributed by atoms with Crippen LogP contribution in [-0.4, -0.2) is 32.5 Å². The molecule has 0 radical (unpaired) electrons. The van der Waals surface area contributed by atoms with E-state index in [0.717, 1.165) is 22.4 Å². The van der Waals surface area contributed by atoms with Crippen LogP contribution in [-0.2, 0) is 7.05 Å². The third kappa shape index (κ3) is 7.77. The Kier molecular flexibility index (Phi) is 8.45. The van der Waals surface area contributed by atoms with Crippen LogP contribution in [0.3, 0.4) is 0 Å². The molecular formula is C27H26F3N7OS. The lowest BCUT2D eigenvalue weighted by atomic mass is 10.0. The van der Waals surface area contributed by atoms with Gasteiger partial charge in [-0.25, -0.2) is 4.68 Å². The van der Waals surface area contributed by atoms with E-state index in [9.17, 15) is 13.2 Å². The summed E-state index contributed by atoms with van der Waals surface area (Å²) in [6, 6.07) is 20.8. The van der Waals surface area contributed by atoms with Gasteiger partial charge in [0.2, 0.25) is 5.95 Å². The Labute approximate surface area is 228 Å². The first-order chi connectivity index (χ1) is 18.6. The predicted octanol–water partition coefficient (Wildman–Crippen LogP) is 6.57. The van der Waals surface area contributed by atoms with Crippen molar-refractivity contribution in [2.24, 2.45) is 12.1 Å². The number of hydrazone groups is 1.